The minimum absolute atomic E-state index is 0.0222. The summed E-state index contributed by atoms with van der Waals surface area (Å²) in [7, 11) is 0. The van der Waals surface area contributed by atoms with Crippen molar-refractivity contribution in [3.05, 3.63) is 63.8 Å². The second-order valence-corrected chi connectivity index (χ2v) is 4.27. The number of benzene rings is 1. The molecule has 21 heavy (non-hydrogen) atoms. The highest BCUT2D eigenvalue weighted by molar-refractivity contribution is 5.58. The average molecular weight is 284 g/mol. The molecule has 7 nitrogen and oxygen atoms in total. The molecule has 1 unspecified atom stereocenters. The Morgan fingerprint density at radius 1 is 1.43 bits per heavy atom. The van der Waals surface area contributed by atoms with E-state index in [1.54, 1.807) is 30.3 Å². The molecule has 0 aliphatic rings. The monoisotopic (exact) mass is 284 g/mol. The Morgan fingerprint density at radius 2 is 2.14 bits per heavy atom. The second kappa shape index (κ2) is 6.45. The van der Waals surface area contributed by atoms with E-state index in [0.717, 1.165) is 6.07 Å². The lowest BCUT2D eigenvalue weighted by molar-refractivity contribution is -0.384. The zero-order valence-electron chi connectivity index (χ0n) is 10.9. The van der Waals surface area contributed by atoms with E-state index in [1.807, 2.05) is 6.07 Å². The third-order valence-corrected chi connectivity index (χ3v) is 2.84. The topological polar surface area (TPSA) is 112 Å². The van der Waals surface area contributed by atoms with E-state index < -0.39 is 11.0 Å². The first kappa shape index (κ1) is 14.4. The number of nitrogens with one attached hydrogen (secondary N) is 1. The van der Waals surface area contributed by atoms with Crippen molar-refractivity contribution in [2.24, 2.45) is 0 Å². The van der Waals surface area contributed by atoms with E-state index in [9.17, 15) is 15.2 Å². The molecule has 0 amide bonds. The third-order valence-electron chi connectivity index (χ3n) is 2.84. The van der Waals surface area contributed by atoms with Crippen LogP contribution in [0.1, 0.15) is 17.2 Å². The van der Waals surface area contributed by atoms with Gasteiger partial charge in [0.25, 0.3) is 0 Å². The van der Waals surface area contributed by atoms with Gasteiger partial charge >= 0.3 is 5.69 Å². The number of aliphatic hydroxyl groups is 1. The van der Waals surface area contributed by atoms with Crippen LogP contribution in [0, 0.1) is 21.4 Å². The standard InChI is InChI=1S/C14H12N4O3/c15-7-10-6-12(18(20)21)14(16-8-10)17-9-13(19)11-4-2-1-3-5-11/h1-6,8,13,19H,9H2,(H,16,17). The molecule has 0 saturated carbocycles. The first-order valence-electron chi connectivity index (χ1n) is 6.13. The molecule has 0 fully saturated rings. The number of anilines is 1. The van der Waals surface area contributed by atoms with Gasteiger partial charge in [-0.3, -0.25) is 10.1 Å². The maximum absolute atomic E-state index is 11.0. The van der Waals surface area contributed by atoms with Crippen molar-refractivity contribution in [3.8, 4) is 6.07 Å². The molecule has 0 aliphatic carbocycles. The lowest BCUT2D eigenvalue weighted by Gasteiger charge is -2.12. The van der Waals surface area contributed by atoms with Gasteiger partial charge in [-0.2, -0.15) is 5.26 Å². The van der Waals surface area contributed by atoms with Gasteiger partial charge in [0.1, 0.15) is 6.07 Å². The molecule has 2 rings (SSSR count). The zero-order valence-corrected chi connectivity index (χ0v) is 10.9. The third kappa shape index (κ3) is 3.52. The van der Waals surface area contributed by atoms with Crippen molar-refractivity contribution in [1.82, 2.24) is 4.98 Å². The number of aliphatic hydroxyl groups excluding tert-OH is 1. The van der Waals surface area contributed by atoms with Crippen LogP contribution < -0.4 is 5.32 Å². The van der Waals surface area contributed by atoms with Crippen molar-refractivity contribution in [3.63, 3.8) is 0 Å². The summed E-state index contributed by atoms with van der Waals surface area (Å²) in [6.45, 7) is 0.0732. The van der Waals surface area contributed by atoms with Crippen molar-refractivity contribution in [1.29, 1.82) is 5.26 Å². The lowest BCUT2D eigenvalue weighted by Crippen LogP contribution is -2.14. The van der Waals surface area contributed by atoms with Crippen LogP contribution in [0.5, 0.6) is 0 Å². The molecular weight excluding hydrogens is 272 g/mol. The van der Waals surface area contributed by atoms with E-state index >= 15 is 0 Å². The Hall–Kier alpha value is -2.98. The van der Waals surface area contributed by atoms with Crippen LogP contribution in [0.15, 0.2) is 42.6 Å². The molecule has 106 valence electrons. The van der Waals surface area contributed by atoms with Crippen LogP contribution in [0.3, 0.4) is 0 Å². The Bertz CT molecular complexity index is 682. The van der Waals surface area contributed by atoms with E-state index in [2.05, 4.69) is 10.3 Å². The molecule has 0 aliphatic heterocycles. The zero-order chi connectivity index (χ0) is 15.2. The van der Waals surface area contributed by atoms with Crippen LogP contribution in [-0.4, -0.2) is 21.6 Å². The van der Waals surface area contributed by atoms with Gasteiger partial charge in [0.2, 0.25) is 5.82 Å². The molecule has 7 heteroatoms. The molecule has 0 bridgehead atoms. The SMILES string of the molecule is N#Cc1cnc(NCC(O)c2ccccc2)c([N+](=O)[O-])c1. The predicted molar refractivity (Wildman–Crippen MR) is 75.5 cm³/mol. The highest BCUT2D eigenvalue weighted by atomic mass is 16.6. The summed E-state index contributed by atoms with van der Waals surface area (Å²) in [5, 5.41) is 32.4. The van der Waals surface area contributed by atoms with Gasteiger partial charge in [-0.25, -0.2) is 4.98 Å². The van der Waals surface area contributed by atoms with Crippen LogP contribution in [0.25, 0.3) is 0 Å². The van der Waals surface area contributed by atoms with E-state index in [1.165, 1.54) is 6.20 Å². The van der Waals surface area contributed by atoms with Gasteiger partial charge in [0.05, 0.1) is 16.6 Å². The lowest BCUT2D eigenvalue weighted by atomic mass is 10.1. The van der Waals surface area contributed by atoms with E-state index in [0.29, 0.717) is 5.56 Å². The predicted octanol–water partition coefficient (Wildman–Crippen LogP) is 2.01. The fraction of sp³-hybridized carbons (Fsp3) is 0.143. The Balaban J connectivity index is 2.13. The molecule has 2 N–H and O–H groups in total. The van der Waals surface area contributed by atoms with Crippen LogP contribution in [-0.2, 0) is 0 Å². The van der Waals surface area contributed by atoms with Gasteiger partial charge in [-0.1, -0.05) is 30.3 Å². The summed E-state index contributed by atoms with van der Waals surface area (Å²) < 4.78 is 0. The largest absolute Gasteiger partial charge is 0.387 e. The highest BCUT2D eigenvalue weighted by Crippen LogP contribution is 2.23. The normalized spacial score (nSPS) is 11.4. The van der Waals surface area contributed by atoms with Gasteiger partial charge in [-0.15, -0.1) is 0 Å². The fourth-order valence-corrected chi connectivity index (χ4v) is 1.78. The quantitative estimate of drug-likeness (QED) is 0.641. The summed E-state index contributed by atoms with van der Waals surface area (Å²) >= 11 is 0. The average Bonchev–Trinajstić information content (AvgIpc) is 2.53. The second-order valence-electron chi connectivity index (χ2n) is 4.27. The first-order valence-corrected chi connectivity index (χ1v) is 6.13. The number of hydrogen-bond acceptors (Lipinski definition) is 6. The van der Waals surface area contributed by atoms with Crippen LogP contribution >= 0.6 is 0 Å². The molecule has 2 aromatic rings. The number of pyridine rings is 1. The maximum atomic E-state index is 11.0. The number of hydrogen-bond donors (Lipinski definition) is 2. The number of nitro groups is 1. The summed E-state index contributed by atoms with van der Waals surface area (Å²) in [6.07, 6.45) is 0.424. The molecule has 1 aromatic carbocycles. The van der Waals surface area contributed by atoms with E-state index in [-0.39, 0.29) is 23.6 Å². The van der Waals surface area contributed by atoms with E-state index in [4.69, 9.17) is 5.26 Å². The number of nitrogens with zero attached hydrogens (tertiary/aromatic N) is 3. The number of nitriles is 1. The van der Waals surface area contributed by atoms with Crippen molar-refractivity contribution in [2.75, 3.05) is 11.9 Å². The minimum atomic E-state index is -0.816. The fourth-order valence-electron chi connectivity index (χ4n) is 1.78. The molecule has 0 spiro atoms. The number of aromatic nitrogens is 1. The molecule has 1 atom stereocenters. The van der Waals surface area contributed by atoms with Crippen LogP contribution in [0.2, 0.25) is 0 Å². The molecule has 0 saturated heterocycles. The van der Waals surface area contributed by atoms with Gasteiger partial charge in [0, 0.05) is 18.8 Å². The molecular formula is C14H12N4O3. The Labute approximate surface area is 120 Å². The van der Waals surface area contributed by atoms with Gasteiger partial charge in [0.15, 0.2) is 0 Å². The molecule has 0 radical (unpaired) electrons. The summed E-state index contributed by atoms with van der Waals surface area (Å²) in [6, 6.07) is 11.9. The minimum Gasteiger partial charge on any atom is -0.387 e. The van der Waals surface area contributed by atoms with Crippen molar-refractivity contribution >= 4 is 11.5 Å². The van der Waals surface area contributed by atoms with Crippen molar-refractivity contribution < 1.29 is 10.0 Å². The highest BCUT2D eigenvalue weighted by Gasteiger charge is 2.17. The molecule has 1 heterocycles. The Kier molecular flexibility index (Phi) is 4.43. The molecule has 1 aromatic heterocycles. The maximum Gasteiger partial charge on any atom is 0.312 e. The smallest absolute Gasteiger partial charge is 0.312 e. The summed E-state index contributed by atoms with van der Waals surface area (Å²) in [5.41, 5.74) is 0.506. The van der Waals surface area contributed by atoms with Crippen LogP contribution in [0.4, 0.5) is 11.5 Å². The Morgan fingerprint density at radius 3 is 2.76 bits per heavy atom. The van der Waals surface area contributed by atoms with Gasteiger partial charge in [-0.05, 0) is 5.56 Å². The summed E-state index contributed by atoms with van der Waals surface area (Å²) in [5.74, 6) is 0.0222. The number of rotatable bonds is 5. The first-order chi connectivity index (χ1) is 10.1. The van der Waals surface area contributed by atoms with Crippen molar-refractivity contribution in [2.45, 2.75) is 6.10 Å². The summed E-state index contributed by atoms with van der Waals surface area (Å²) in [4.78, 5) is 14.2. The van der Waals surface area contributed by atoms with Gasteiger partial charge < -0.3 is 10.4 Å².